The van der Waals surface area contributed by atoms with Crippen LogP contribution in [0.2, 0.25) is 0 Å². The number of thiophene rings is 1. The summed E-state index contributed by atoms with van der Waals surface area (Å²) >= 11 is 1.81. The summed E-state index contributed by atoms with van der Waals surface area (Å²) < 4.78 is 11.3. The third kappa shape index (κ3) is 3.07. The first-order chi connectivity index (χ1) is 11.8. The van der Waals surface area contributed by atoms with Gasteiger partial charge in [-0.25, -0.2) is 0 Å². The smallest absolute Gasteiger partial charge is 0.251 e. The van der Waals surface area contributed by atoms with E-state index >= 15 is 0 Å². The second-order valence-corrected chi connectivity index (χ2v) is 6.98. The fourth-order valence-corrected chi connectivity index (χ4v) is 3.88. The van der Waals surface area contributed by atoms with Gasteiger partial charge in [0, 0.05) is 18.0 Å². The van der Waals surface area contributed by atoms with E-state index in [2.05, 4.69) is 32.6 Å². The lowest BCUT2D eigenvalue weighted by molar-refractivity contribution is 0.323. The Labute approximate surface area is 144 Å². The molecular weight excluding hydrogens is 322 g/mol. The van der Waals surface area contributed by atoms with Gasteiger partial charge in [-0.05, 0) is 36.5 Å². The molecular formula is C18H19N3O2S. The number of hydrogen-bond donors (Lipinski definition) is 0. The number of para-hydroxylation sites is 1. The van der Waals surface area contributed by atoms with E-state index in [1.165, 1.54) is 4.88 Å². The van der Waals surface area contributed by atoms with Gasteiger partial charge < -0.3 is 9.15 Å². The molecule has 1 atom stereocenters. The summed E-state index contributed by atoms with van der Waals surface area (Å²) in [5.74, 6) is 2.31. The summed E-state index contributed by atoms with van der Waals surface area (Å²) in [7, 11) is 1.65. The maximum Gasteiger partial charge on any atom is 0.251 e. The number of ether oxygens (including phenoxy) is 1. The van der Waals surface area contributed by atoms with Gasteiger partial charge >= 0.3 is 0 Å². The van der Waals surface area contributed by atoms with Gasteiger partial charge in [0.15, 0.2) is 0 Å². The lowest BCUT2D eigenvalue weighted by Gasteiger charge is -2.13. The van der Waals surface area contributed by atoms with Crippen LogP contribution in [-0.2, 0) is 6.54 Å². The molecule has 1 aliphatic heterocycles. The first-order valence-electron chi connectivity index (χ1n) is 8.05. The monoisotopic (exact) mass is 341 g/mol. The largest absolute Gasteiger partial charge is 0.496 e. The third-order valence-corrected chi connectivity index (χ3v) is 5.22. The highest BCUT2D eigenvalue weighted by Gasteiger charge is 2.28. The quantitative estimate of drug-likeness (QED) is 0.706. The molecule has 6 heteroatoms. The highest BCUT2D eigenvalue weighted by molar-refractivity contribution is 7.09. The van der Waals surface area contributed by atoms with Crippen LogP contribution in [0.4, 0.5) is 0 Å². The van der Waals surface area contributed by atoms with Crippen molar-refractivity contribution in [3.8, 4) is 17.2 Å². The molecule has 0 spiro atoms. The molecule has 1 aliphatic rings. The molecule has 0 unspecified atom stereocenters. The summed E-state index contributed by atoms with van der Waals surface area (Å²) in [6.07, 6.45) is 1.05. The van der Waals surface area contributed by atoms with E-state index in [0.717, 1.165) is 43.3 Å². The van der Waals surface area contributed by atoms with Crippen LogP contribution < -0.4 is 4.74 Å². The van der Waals surface area contributed by atoms with Crippen LogP contribution in [0.1, 0.15) is 23.1 Å². The average molecular weight is 341 g/mol. The van der Waals surface area contributed by atoms with Crippen LogP contribution in [0, 0.1) is 0 Å². The molecule has 124 valence electrons. The Morgan fingerprint density at radius 1 is 1.25 bits per heavy atom. The third-order valence-electron chi connectivity index (χ3n) is 4.36. The lowest BCUT2D eigenvalue weighted by atomic mass is 10.1. The standard InChI is InChI=1S/C18H19N3O2S/c1-22-16-7-3-2-6-15(16)18-20-19-17(23-18)13-8-9-21(11-13)12-14-5-4-10-24-14/h2-7,10,13H,8-9,11-12H2,1H3/t13-/m0/s1. The van der Waals surface area contributed by atoms with Gasteiger partial charge in [0.1, 0.15) is 5.75 Å². The number of methoxy groups -OCH3 is 1. The number of likely N-dealkylation sites (tertiary alicyclic amines) is 1. The first-order valence-corrected chi connectivity index (χ1v) is 8.93. The minimum absolute atomic E-state index is 0.306. The molecule has 0 saturated carbocycles. The fraction of sp³-hybridized carbons (Fsp3) is 0.333. The molecule has 3 aromatic rings. The Kier molecular flexibility index (Phi) is 4.32. The molecule has 1 saturated heterocycles. The zero-order chi connectivity index (χ0) is 16.4. The van der Waals surface area contributed by atoms with Gasteiger partial charge in [0.25, 0.3) is 5.89 Å². The van der Waals surface area contributed by atoms with Crippen molar-refractivity contribution in [2.45, 2.75) is 18.9 Å². The Morgan fingerprint density at radius 3 is 3.00 bits per heavy atom. The van der Waals surface area contributed by atoms with Crippen LogP contribution in [-0.4, -0.2) is 35.3 Å². The molecule has 1 aromatic carbocycles. The molecule has 5 nitrogen and oxygen atoms in total. The molecule has 3 heterocycles. The van der Waals surface area contributed by atoms with Crippen molar-refractivity contribution < 1.29 is 9.15 Å². The summed E-state index contributed by atoms with van der Waals surface area (Å²) in [6.45, 7) is 3.03. The highest BCUT2D eigenvalue weighted by atomic mass is 32.1. The Balaban J connectivity index is 1.47. The van der Waals surface area contributed by atoms with E-state index in [9.17, 15) is 0 Å². The molecule has 4 rings (SSSR count). The number of aromatic nitrogens is 2. The van der Waals surface area contributed by atoms with Crippen molar-refractivity contribution >= 4 is 11.3 Å². The highest BCUT2D eigenvalue weighted by Crippen LogP contribution is 2.32. The van der Waals surface area contributed by atoms with Gasteiger partial charge in [0.05, 0.1) is 18.6 Å². The summed E-state index contributed by atoms with van der Waals surface area (Å²) in [5.41, 5.74) is 0.840. The van der Waals surface area contributed by atoms with Crippen LogP contribution >= 0.6 is 11.3 Å². The van der Waals surface area contributed by atoms with E-state index in [0.29, 0.717) is 11.8 Å². The zero-order valence-electron chi connectivity index (χ0n) is 13.5. The van der Waals surface area contributed by atoms with E-state index < -0.39 is 0 Å². The Morgan fingerprint density at radius 2 is 2.17 bits per heavy atom. The average Bonchev–Trinajstić information content (AvgIpc) is 3.36. The van der Waals surface area contributed by atoms with Gasteiger partial charge in [-0.2, -0.15) is 0 Å². The minimum Gasteiger partial charge on any atom is -0.496 e. The minimum atomic E-state index is 0.306. The molecule has 0 aliphatic carbocycles. The van der Waals surface area contributed by atoms with Crippen molar-refractivity contribution in [1.29, 1.82) is 0 Å². The van der Waals surface area contributed by atoms with Crippen molar-refractivity contribution in [3.05, 3.63) is 52.5 Å². The van der Waals surface area contributed by atoms with Gasteiger partial charge in [-0.3, -0.25) is 4.90 Å². The topological polar surface area (TPSA) is 51.4 Å². The maximum atomic E-state index is 5.95. The maximum absolute atomic E-state index is 5.95. The first kappa shape index (κ1) is 15.4. The van der Waals surface area contributed by atoms with Crippen LogP contribution in [0.3, 0.4) is 0 Å². The lowest BCUT2D eigenvalue weighted by Crippen LogP contribution is -2.19. The fourth-order valence-electron chi connectivity index (χ4n) is 3.13. The van der Waals surface area contributed by atoms with E-state index in [1.807, 2.05) is 24.3 Å². The van der Waals surface area contributed by atoms with Crippen LogP contribution in [0.5, 0.6) is 5.75 Å². The summed E-state index contributed by atoms with van der Waals surface area (Å²) in [6, 6.07) is 12.0. The molecule has 0 bridgehead atoms. The number of rotatable bonds is 5. The normalized spacial score (nSPS) is 18.1. The van der Waals surface area contributed by atoms with Crippen molar-refractivity contribution in [2.75, 3.05) is 20.2 Å². The van der Waals surface area contributed by atoms with Gasteiger partial charge in [0.2, 0.25) is 5.89 Å². The van der Waals surface area contributed by atoms with Crippen molar-refractivity contribution in [3.63, 3.8) is 0 Å². The predicted octanol–water partition coefficient (Wildman–Crippen LogP) is 3.80. The predicted molar refractivity (Wildman–Crippen MR) is 93.2 cm³/mol. The zero-order valence-corrected chi connectivity index (χ0v) is 14.3. The molecule has 0 radical (unpaired) electrons. The number of benzene rings is 1. The molecule has 1 fully saturated rings. The second kappa shape index (κ2) is 6.75. The van der Waals surface area contributed by atoms with Crippen LogP contribution in [0.15, 0.2) is 46.2 Å². The second-order valence-electron chi connectivity index (χ2n) is 5.95. The van der Waals surface area contributed by atoms with Gasteiger partial charge in [-0.1, -0.05) is 18.2 Å². The van der Waals surface area contributed by atoms with Crippen LogP contribution in [0.25, 0.3) is 11.5 Å². The van der Waals surface area contributed by atoms with Crippen molar-refractivity contribution in [1.82, 2.24) is 15.1 Å². The van der Waals surface area contributed by atoms with E-state index in [-0.39, 0.29) is 0 Å². The summed E-state index contributed by atoms with van der Waals surface area (Å²) in [5, 5.41) is 10.6. The molecule has 24 heavy (non-hydrogen) atoms. The van der Waals surface area contributed by atoms with E-state index in [1.54, 1.807) is 18.4 Å². The Hall–Kier alpha value is -2.18. The molecule has 0 N–H and O–H groups in total. The number of nitrogens with zero attached hydrogens (tertiary/aromatic N) is 3. The molecule has 0 amide bonds. The SMILES string of the molecule is COc1ccccc1-c1nnc([C@H]2CCN(Cc3cccs3)C2)o1. The Bertz CT molecular complexity index is 800. The number of hydrogen-bond acceptors (Lipinski definition) is 6. The van der Waals surface area contributed by atoms with E-state index in [4.69, 9.17) is 9.15 Å². The van der Waals surface area contributed by atoms with Gasteiger partial charge in [-0.15, -0.1) is 21.5 Å². The van der Waals surface area contributed by atoms with Crippen molar-refractivity contribution in [2.24, 2.45) is 0 Å². The summed E-state index contributed by atoms with van der Waals surface area (Å²) in [4.78, 5) is 3.85. The molecule has 2 aromatic heterocycles.